The molecule has 1 aliphatic heterocycles. The molecule has 0 fully saturated rings. The van der Waals surface area contributed by atoms with E-state index in [1.54, 1.807) is 0 Å². The number of ether oxygens (including phenoxy) is 1. The average Bonchev–Trinajstić information content (AvgIpc) is 2.71. The van der Waals surface area contributed by atoms with E-state index in [4.69, 9.17) is 9.84 Å². The Kier molecular flexibility index (Phi) is 5.01. The summed E-state index contributed by atoms with van der Waals surface area (Å²) in [6.45, 7) is 8.86. The van der Waals surface area contributed by atoms with E-state index < -0.39 is 0 Å². The molecule has 0 saturated heterocycles. The van der Waals surface area contributed by atoms with Gasteiger partial charge in [0.1, 0.15) is 5.82 Å². The van der Waals surface area contributed by atoms with Gasteiger partial charge in [-0.25, -0.2) is 4.68 Å². The summed E-state index contributed by atoms with van der Waals surface area (Å²) >= 11 is 0. The smallest absolute Gasteiger partial charge is 0.133 e. The third kappa shape index (κ3) is 3.42. The average molecular weight is 313 g/mol. The Hall–Kier alpha value is -1.81. The highest BCUT2D eigenvalue weighted by Gasteiger charge is 2.21. The number of hydrogen-bond donors (Lipinski definition) is 1. The van der Waals surface area contributed by atoms with Crippen LogP contribution in [0.1, 0.15) is 42.1 Å². The van der Waals surface area contributed by atoms with E-state index in [9.17, 15) is 0 Å². The molecule has 0 bridgehead atoms. The monoisotopic (exact) mass is 313 g/mol. The molecule has 4 heteroatoms. The first-order valence-electron chi connectivity index (χ1n) is 8.70. The van der Waals surface area contributed by atoms with Gasteiger partial charge in [-0.15, -0.1) is 0 Å². The van der Waals surface area contributed by atoms with Crippen molar-refractivity contribution in [3.05, 3.63) is 40.6 Å². The maximum absolute atomic E-state index is 5.54. The number of aromatic nitrogens is 2. The van der Waals surface area contributed by atoms with Crippen LogP contribution in [0.2, 0.25) is 0 Å². The van der Waals surface area contributed by atoms with Crippen LogP contribution >= 0.6 is 0 Å². The Bertz CT molecular complexity index is 675. The van der Waals surface area contributed by atoms with Gasteiger partial charge < -0.3 is 10.1 Å². The first-order valence-corrected chi connectivity index (χ1v) is 8.70. The standard InChI is InChI=1S/C19H27N3O/c1-4-23-12-10-17-16-7-5-6-11-20-19(16)22(21-17)18-9-8-14(2)13-15(18)3/h8-9,13,20H,4-7,10-12H2,1-3H3. The van der Waals surface area contributed by atoms with Crippen LogP contribution in [0.4, 0.5) is 5.82 Å². The lowest BCUT2D eigenvalue weighted by Crippen LogP contribution is -2.08. The molecule has 1 aromatic heterocycles. The Balaban J connectivity index is 2.02. The normalized spacial score (nSPS) is 14.2. The van der Waals surface area contributed by atoms with Crippen LogP contribution < -0.4 is 5.32 Å². The van der Waals surface area contributed by atoms with Gasteiger partial charge in [0.25, 0.3) is 0 Å². The zero-order valence-electron chi connectivity index (χ0n) is 14.5. The van der Waals surface area contributed by atoms with Crippen molar-refractivity contribution in [2.45, 2.75) is 46.5 Å². The molecule has 3 rings (SSSR count). The second kappa shape index (κ2) is 7.18. The minimum atomic E-state index is 0.743. The van der Waals surface area contributed by atoms with E-state index >= 15 is 0 Å². The van der Waals surface area contributed by atoms with Crippen molar-refractivity contribution in [1.29, 1.82) is 0 Å². The van der Waals surface area contributed by atoms with Crippen molar-refractivity contribution in [3.63, 3.8) is 0 Å². The van der Waals surface area contributed by atoms with Crippen molar-refractivity contribution >= 4 is 5.82 Å². The summed E-state index contributed by atoms with van der Waals surface area (Å²) < 4.78 is 7.65. The molecule has 1 aliphatic rings. The molecule has 0 atom stereocenters. The van der Waals surface area contributed by atoms with Gasteiger partial charge in [-0.1, -0.05) is 17.7 Å². The summed E-state index contributed by atoms with van der Waals surface area (Å²) in [7, 11) is 0. The number of rotatable bonds is 5. The van der Waals surface area contributed by atoms with Crippen LogP contribution in [0.3, 0.4) is 0 Å². The topological polar surface area (TPSA) is 39.1 Å². The van der Waals surface area contributed by atoms with Crippen molar-refractivity contribution in [3.8, 4) is 5.69 Å². The molecule has 23 heavy (non-hydrogen) atoms. The fourth-order valence-corrected chi connectivity index (χ4v) is 3.30. The lowest BCUT2D eigenvalue weighted by atomic mass is 10.1. The summed E-state index contributed by atoms with van der Waals surface area (Å²) in [5.41, 5.74) is 6.28. The SMILES string of the molecule is CCOCCc1nn(-c2ccc(C)cc2C)c2c1CCCCN2. The fraction of sp³-hybridized carbons (Fsp3) is 0.526. The van der Waals surface area contributed by atoms with Gasteiger partial charge in [-0.05, 0) is 51.7 Å². The van der Waals surface area contributed by atoms with Gasteiger partial charge in [0.2, 0.25) is 0 Å². The minimum absolute atomic E-state index is 0.743. The van der Waals surface area contributed by atoms with Crippen LogP contribution in [0, 0.1) is 13.8 Å². The van der Waals surface area contributed by atoms with E-state index in [0.717, 1.165) is 32.6 Å². The third-order valence-electron chi connectivity index (χ3n) is 4.48. The van der Waals surface area contributed by atoms with E-state index in [2.05, 4.69) is 42.0 Å². The van der Waals surface area contributed by atoms with Crippen LogP contribution in [0.15, 0.2) is 18.2 Å². The van der Waals surface area contributed by atoms with Crippen molar-refractivity contribution < 1.29 is 4.74 Å². The molecule has 0 radical (unpaired) electrons. The minimum Gasteiger partial charge on any atom is -0.381 e. The van der Waals surface area contributed by atoms with Gasteiger partial charge in [-0.3, -0.25) is 0 Å². The molecule has 0 unspecified atom stereocenters. The molecule has 0 amide bonds. The summed E-state index contributed by atoms with van der Waals surface area (Å²) in [6, 6.07) is 6.56. The first-order chi connectivity index (χ1) is 11.2. The molecule has 0 saturated carbocycles. The van der Waals surface area contributed by atoms with Gasteiger partial charge in [-0.2, -0.15) is 5.10 Å². The Morgan fingerprint density at radius 2 is 2.13 bits per heavy atom. The number of anilines is 1. The molecule has 124 valence electrons. The van der Waals surface area contributed by atoms with E-state index in [1.807, 2.05) is 6.92 Å². The Morgan fingerprint density at radius 1 is 1.26 bits per heavy atom. The second-order valence-electron chi connectivity index (χ2n) is 6.31. The fourth-order valence-electron chi connectivity index (χ4n) is 3.30. The van der Waals surface area contributed by atoms with Gasteiger partial charge in [0.15, 0.2) is 0 Å². The predicted molar refractivity (Wildman–Crippen MR) is 94.7 cm³/mol. The number of fused-ring (bicyclic) bond motifs is 1. The van der Waals surface area contributed by atoms with Crippen LogP contribution in [-0.4, -0.2) is 29.5 Å². The first kappa shape index (κ1) is 16.1. The second-order valence-corrected chi connectivity index (χ2v) is 6.31. The van der Waals surface area contributed by atoms with Crippen molar-refractivity contribution in [2.24, 2.45) is 0 Å². The lowest BCUT2D eigenvalue weighted by Gasteiger charge is -2.12. The molecular formula is C19H27N3O. The number of benzene rings is 1. The molecule has 0 spiro atoms. The number of nitrogens with zero attached hydrogens (tertiary/aromatic N) is 2. The van der Waals surface area contributed by atoms with E-state index in [0.29, 0.717) is 0 Å². The summed E-state index contributed by atoms with van der Waals surface area (Å²) in [4.78, 5) is 0. The van der Waals surface area contributed by atoms with Crippen LogP contribution in [0.5, 0.6) is 0 Å². The zero-order valence-corrected chi connectivity index (χ0v) is 14.5. The molecule has 4 nitrogen and oxygen atoms in total. The molecule has 1 N–H and O–H groups in total. The quantitative estimate of drug-likeness (QED) is 0.853. The van der Waals surface area contributed by atoms with Crippen molar-refractivity contribution in [2.75, 3.05) is 25.1 Å². The molecule has 2 heterocycles. The largest absolute Gasteiger partial charge is 0.381 e. The molecular weight excluding hydrogens is 286 g/mol. The molecule has 1 aromatic carbocycles. The van der Waals surface area contributed by atoms with Gasteiger partial charge in [0.05, 0.1) is 18.0 Å². The van der Waals surface area contributed by atoms with Crippen molar-refractivity contribution in [1.82, 2.24) is 9.78 Å². The molecule has 2 aromatic rings. The Labute approximate surface area is 138 Å². The summed E-state index contributed by atoms with van der Waals surface area (Å²) in [5.74, 6) is 1.18. The van der Waals surface area contributed by atoms with E-state index in [1.165, 1.54) is 46.7 Å². The van der Waals surface area contributed by atoms with E-state index in [-0.39, 0.29) is 0 Å². The highest BCUT2D eigenvalue weighted by atomic mass is 16.5. The van der Waals surface area contributed by atoms with Gasteiger partial charge in [0, 0.05) is 25.1 Å². The third-order valence-corrected chi connectivity index (χ3v) is 4.48. The Morgan fingerprint density at radius 3 is 2.91 bits per heavy atom. The predicted octanol–water partition coefficient (Wildman–Crippen LogP) is 3.82. The maximum atomic E-state index is 5.54. The van der Waals surface area contributed by atoms with Gasteiger partial charge >= 0.3 is 0 Å². The highest BCUT2D eigenvalue weighted by Crippen LogP contribution is 2.29. The number of hydrogen-bond acceptors (Lipinski definition) is 3. The number of nitrogens with one attached hydrogen (secondary N) is 1. The van der Waals surface area contributed by atoms with Crippen LogP contribution in [0.25, 0.3) is 5.69 Å². The maximum Gasteiger partial charge on any atom is 0.133 e. The lowest BCUT2D eigenvalue weighted by molar-refractivity contribution is 0.150. The highest BCUT2D eigenvalue weighted by molar-refractivity contribution is 5.56. The van der Waals surface area contributed by atoms with Crippen LogP contribution in [-0.2, 0) is 17.6 Å². The number of aryl methyl sites for hydroxylation is 2. The summed E-state index contributed by atoms with van der Waals surface area (Å²) in [5, 5.41) is 8.54. The zero-order chi connectivity index (χ0) is 16.2. The summed E-state index contributed by atoms with van der Waals surface area (Å²) in [6.07, 6.45) is 4.43. The molecule has 0 aliphatic carbocycles.